The predicted octanol–water partition coefficient (Wildman–Crippen LogP) is 2.06. The van der Waals surface area contributed by atoms with E-state index in [0.717, 1.165) is 17.2 Å². The van der Waals surface area contributed by atoms with Gasteiger partial charge in [-0.05, 0) is 25.5 Å². The van der Waals surface area contributed by atoms with Crippen LogP contribution in [0, 0.1) is 0 Å². The summed E-state index contributed by atoms with van der Waals surface area (Å²) in [5, 5.41) is 11.1. The van der Waals surface area contributed by atoms with E-state index < -0.39 is 5.91 Å². The molecule has 0 saturated carbocycles. The zero-order valence-corrected chi connectivity index (χ0v) is 14.6. The molecule has 2 heterocycles. The van der Waals surface area contributed by atoms with Gasteiger partial charge in [0.1, 0.15) is 5.78 Å². The summed E-state index contributed by atoms with van der Waals surface area (Å²) in [4.78, 5) is 27.8. The molecule has 3 rings (SSSR count). The van der Waals surface area contributed by atoms with E-state index >= 15 is 0 Å². The average molecular weight is 356 g/mol. The number of Topliss-reactive ketones (excluding diaryl/α,β-unsaturated/α-hetero) is 1. The highest BCUT2D eigenvalue weighted by Crippen LogP contribution is 2.17. The quantitative estimate of drug-likeness (QED) is 0.725. The first-order valence-corrected chi connectivity index (χ1v) is 8.49. The number of hydrogen-bond acceptors (Lipinski definition) is 7. The van der Waals surface area contributed by atoms with Gasteiger partial charge in [0.25, 0.3) is 5.91 Å². The van der Waals surface area contributed by atoms with E-state index in [1.54, 1.807) is 4.68 Å². The van der Waals surface area contributed by atoms with Crippen molar-refractivity contribution in [1.82, 2.24) is 24.4 Å². The molecule has 128 valence electrons. The van der Waals surface area contributed by atoms with Gasteiger partial charge in [-0.25, -0.2) is 9.67 Å². The zero-order chi connectivity index (χ0) is 17.8. The Morgan fingerprint density at radius 2 is 2.00 bits per heavy atom. The summed E-state index contributed by atoms with van der Waals surface area (Å²) in [7, 11) is 0. The second kappa shape index (κ2) is 7.31. The summed E-state index contributed by atoms with van der Waals surface area (Å²) in [5.41, 5.74) is 1.79. The van der Waals surface area contributed by atoms with E-state index in [4.69, 9.17) is 0 Å². The predicted molar refractivity (Wildman–Crippen MR) is 93.0 cm³/mol. The van der Waals surface area contributed by atoms with E-state index in [2.05, 4.69) is 25.0 Å². The minimum absolute atomic E-state index is 0.0326. The number of amides is 1. The molecule has 1 N–H and O–H groups in total. The molecule has 1 aromatic carbocycles. The van der Waals surface area contributed by atoms with Gasteiger partial charge < -0.3 is 0 Å². The lowest BCUT2D eigenvalue weighted by molar-refractivity contribution is -0.116. The highest BCUT2D eigenvalue weighted by atomic mass is 32.1. The van der Waals surface area contributed by atoms with E-state index in [1.165, 1.54) is 6.92 Å². The molecule has 8 nitrogen and oxygen atoms in total. The number of nitrogens with one attached hydrogen (secondary N) is 1. The second-order valence-electron chi connectivity index (χ2n) is 5.33. The smallest absolute Gasteiger partial charge is 0.279 e. The number of carbonyl (C=O) groups excluding carboxylic acids is 2. The maximum absolute atomic E-state index is 12.5. The molecule has 0 bridgehead atoms. The van der Waals surface area contributed by atoms with E-state index in [1.807, 2.05) is 37.3 Å². The minimum atomic E-state index is -0.399. The van der Waals surface area contributed by atoms with Crippen molar-refractivity contribution in [3.63, 3.8) is 0 Å². The molecule has 0 radical (unpaired) electrons. The topological polar surface area (TPSA) is 103 Å². The molecular formula is C16H16N6O2S. The Hall–Kier alpha value is -2.94. The Bertz CT molecular complexity index is 903. The van der Waals surface area contributed by atoms with Crippen LogP contribution < -0.4 is 5.32 Å². The monoisotopic (exact) mass is 356 g/mol. The summed E-state index contributed by atoms with van der Waals surface area (Å²) in [6.07, 6.45) is 0.743. The molecule has 0 spiro atoms. The molecule has 0 saturated heterocycles. The normalized spacial score (nSPS) is 10.6. The molecule has 0 fully saturated rings. The van der Waals surface area contributed by atoms with Crippen molar-refractivity contribution < 1.29 is 9.59 Å². The SMILES string of the molecule is CCc1c(C(=O)Nc2nc(CC(C)=O)ns2)nnn1-c1ccccc1. The second-order valence-corrected chi connectivity index (χ2v) is 6.09. The van der Waals surface area contributed by atoms with E-state index in [0.29, 0.717) is 23.1 Å². The molecule has 0 aliphatic carbocycles. The number of rotatable bonds is 6. The van der Waals surface area contributed by atoms with Crippen molar-refractivity contribution in [1.29, 1.82) is 0 Å². The van der Waals surface area contributed by atoms with Gasteiger partial charge in [-0.3, -0.25) is 14.9 Å². The first kappa shape index (κ1) is 16.9. The summed E-state index contributed by atoms with van der Waals surface area (Å²) in [5.74, 6) is -0.0317. The van der Waals surface area contributed by atoms with Gasteiger partial charge in [0.2, 0.25) is 5.13 Å². The average Bonchev–Trinajstić information content (AvgIpc) is 3.21. The Morgan fingerprint density at radius 1 is 1.24 bits per heavy atom. The van der Waals surface area contributed by atoms with E-state index in [9.17, 15) is 9.59 Å². The molecule has 3 aromatic rings. The van der Waals surface area contributed by atoms with Crippen molar-refractivity contribution in [2.45, 2.75) is 26.7 Å². The first-order valence-electron chi connectivity index (χ1n) is 7.72. The fraction of sp³-hybridized carbons (Fsp3) is 0.250. The van der Waals surface area contributed by atoms with E-state index in [-0.39, 0.29) is 17.9 Å². The maximum Gasteiger partial charge on any atom is 0.279 e. The van der Waals surface area contributed by atoms with Gasteiger partial charge in [0.15, 0.2) is 11.5 Å². The van der Waals surface area contributed by atoms with Crippen LogP contribution >= 0.6 is 11.5 Å². The standard InChI is InChI=1S/C16H16N6O2S/c1-3-12-14(19-21-22(12)11-7-5-4-6-8-11)15(24)18-16-17-13(20-25-16)9-10(2)23/h4-8H,3,9H2,1-2H3,(H,17,18,20,24). The van der Waals surface area contributed by atoms with Crippen molar-refractivity contribution in [2.24, 2.45) is 0 Å². The van der Waals surface area contributed by atoms with Gasteiger partial charge >= 0.3 is 0 Å². The van der Waals surface area contributed by atoms with Crippen LogP contribution in [0.25, 0.3) is 5.69 Å². The Balaban J connectivity index is 1.82. The van der Waals surface area contributed by atoms with Gasteiger partial charge in [-0.1, -0.05) is 30.3 Å². The molecule has 0 atom stereocenters. The third kappa shape index (κ3) is 3.77. The molecule has 0 unspecified atom stereocenters. The summed E-state index contributed by atoms with van der Waals surface area (Å²) in [6.45, 7) is 3.40. The minimum Gasteiger partial charge on any atom is -0.300 e. The lowest BCUT2D eigenvalue weighted by atomic mass is 10.2. The van der Waals surface area contributed by atoms with Crippen LogP contribution in [0.5, 0.6) is 0 Å². The largest absolute Gasteiger partial charge is 0.300 e. The summed E-state index contributed by atoms with van der Waals surface area (Å²) in [6, 6.07) is 9.50. The third-order valence-electron chi connectivity index (χ3n) is 3.41. The van der Waals surface area contributed by atoms with Crippen LogP contribution in [0.1, 0.15) is 35.9 Å². The molecule has 1 amide bonds. The molecule has 0 aliphatic heterocycles. The highest BCUT2D eigenvalue weighted by Gasteiger charge is 2.20. The number of para-hydroxylation sites is 1. The molecule has 9 heteroatoms. The highest BCUT2D eigenvalue weighted by molar-refractivity contribution is 7.09. The van der Waals surface area contributed by atoms with Crippen molar-refractivity contribution in [3.8, 4) is 5.69 Å². The maximum atomic E-state index is 12.5. The van der Waals surface area contributed by atoms with Crippen LogP contribution in [0.3, 0.4) is 0 Å². The Labute approximate surface area is 148 Å². The number of carbonyl (C=O) groups is 2. The van der Waals surface area contributed by atoms with Gasteiger partial charge in [-0.15, -0.1) is 5.10 Å². The fourth-order valence-corrected chi connectivity index (χ4v) is 2.91. The van der Waals surface area contributed by atoms with Crippen molar-refractivity contribution in [3.05, 3.63) is 47.5 Å². The number of anilines is 1. The van der Waals surface area contributed by atoms with Crippen LogP contribution in [0.2, 0.25) is 0 Å². The fourth-order valence-electron chi connectivity index (χ4n) is 2.33. The van der Waals surface area contributed by atoms with Crippen LogP contribution in [0.4, 0.5) is 5.13 Å². The van der Waals surface area contributed by atoms with Crippen LogP contribution in [-0.4, -0.2) is 36.0 Å². The van der Waals surface area contributed by atoms with Crippen molar-refractivity contribution >= 4 is 28.4 Å². The Kier molecular flexibility index (Phi) is 4.94. The van der Waals surface area contributed by atoms with Gasteiger partial charge in [0, 0.05) is 11.5 Å². The molecule has 25 heavy (non-hydrogen) atoms. The lowest BCUT2D eigenvalue weighted by Crippen LogP contribution is -2.15. The Morgan fingerprint density at radius 3 is 2.68 bits per heavy atom. The number of hydrogen-bond donors (Lipinski definition) is 1. The van der Waals surface area contributed by atoms with Crippen LogP contribution in [0.15, 0.2) is 30.3 Å². The van der Waals surface area contributed by atoms with Gasteiger partial charge in [-0.2, -0.15) is 4.37 Å². The summed E-state index contributed by atoms with van der Waals surface area (Å²) >= 11 is 1.03. The van der Waals surface area contributed by atoms with Crippen LogP contribution in [-0.2, 0) is 17.6 Å². The first-order chi connectivity index (χ1) is 12.1. The van der Waals surface area contributed by atoms with Crippen molar-refractivity contribution in [2.75, 3.05) is 5.32 Å². The zero-order valence-electron chi connectivity index (χ0n) is 13.8. The third-order valence-corrected chi connectivity index (χ3v) is 4.08. The van der Waals surface area contributed by atoms with Gasteiger partial charge in [0.05, 0.1) is 17.8 Å². The number of ketones is 1. The number of nitrogens with zero attached hydrogens (tertiary/aromatic N) is 5. The number of aromatic nitrogens is 5. The molecular weight excluding hydrogens is 340 g/mol. The summed E-state index contributed by atoms with van der Waals surface area (Å²) < 4.78 is 5.70. The molecule has 0 aliphatic rings. The molecule has 2 aromatic heterocycles. The number of benzene rings is 1. The lowest BCUT2D eigenvalue weighted by Gasteiger charge is -2.05.